The van der Waals surface area contributed by atoms with Crippen LogP contribution in [-0.2, 0) is 44.3 Å². The number of rotatable bonds is 6. The van der Waals surface area contributed by atoms with Crippen LogP contribution in [0.4, 0.5) is 4.39 Å². The molecule has 0 spiro atoms. The lowest BCUT2D eigenvalue weighted by Crippen LogP contribution is -2.44. The molecule has 1 aromatic carbocycles. The van der Waals surface area contributed by atoms with Gasteiger partial charge in [0, 0.05) is 40.2 Å². The van der Waals surface area contributed by atoms with Crippen LogP contribution >= 0.6 is 21.6 Å². The number of ether oxygens (including phenoxy) is 1. The summed E-state index contributed by atoms with van der Waals surface area (Å²) >= 11 is 0. The zero-order valence-electron chi connectivity index (χ0n) is 25.3. The van der Waals surface area contributed by atoms with Crippen LogP contribution in [0.5, 0.6) is 0 Å². The van der Waals surface area contributed by atoms with E-state index in [1.54, 1.807) is 24.5 Å². The predicted octanol–water partition coefficient (Wildman–Crippen LogP) is 4.97. The van der Waals surface area contributed by atoms with Crippen LogP contribution in [0.15, 0.2) is 16.9 Å². The fraction of sp³-hybridized carbons (Fsp3) is 0.469. The molecule has 232 valence electrons. The Morgan fingerprint density at radius 2 is 1.98 bits per heavy atom. The molecule has 12 heteroatoms. The molecule has 0 fully saturated rings. The molecule has 3 aromatic rings. The number of hydrogen-bond acceptors (Lipinski definition) is 9. The van der Waals surface area contributed by atoms with Crippen LogP contribution in [0, 0.1) is 18.2 Å². The van der Waals surface area contributed by atoms with Crippen molar-refractivity contribution in [2.75, 3.05) is 5.75 Å². The average Bonchev–Trinajstić information content (AvgIpc) is 3.34. The first-order valence-corrected chi connectivity index (χ1v) is 17.0. The van der Waals surface area contributed by atoms with Gasteiger partial charge in [0.2, 0.25) is 11.0 Å². The van der Waals surface area contributed by atoms with E-state index in [-0.39, 0.29) is 59.5 Å². The molecule has 0 unspecified atom stereocenters. The molecule has 0 saturated carbocycles. The van der Waals surface area contributed by atoms with Crippen molar-refractivity contribution in [1.29, 1.82) is 0 Å². The van der Waals surface area contributed by atoms with Crippen molar-refractivity contribution in [1.82, 2.24) is 14.9 Å². The molecular formula is C32H34FN3O6S2. The highest BCUT2D eigenvalue weighted by Crippen LogP contribution is 2.46. The summed E-state index contributed by atoms with van der Waals surface area (Å²) in [6.45, 7) is 8.90. The molecular weight excluding hydrogens is 605 g/mol. The number of pyridine rings is 2. The van der Waals surface area contributed by atoms with Crippen molar-refractivity contribution >= 4 is 49.5 Å². The maximum absolute atomic E-state index is 15.1. The van der Waals surface area contributed by atoms with Crippen molar-refractivity contribution < 1.29 is 28.6 Å². The lowest BCUT2D eigenvalue weighted by Gasteiger charge is -2.31. The van der Waals surface area contributed by atoms with Crippen molar-refractivity contribution in [2.24, 2.45) is 5.41 Å². The van der Waals surface area contributed by atoms with Gasteiger partial charge in [-0.1, -0.05) is 38.5 Å². The van der Waals surface area contributed by atoms with E-state index in [4.69, 9.17) is 9.72 Å². The van der Waals surface area contributed by atoms with E-state index in [0.717, 1.165) is 32.9 Å². The number of nitrogens with zero attached hydrogens (tertiary/aromatic N) is 2. The third kappa shape index (κ3) is 4.85. The van der Waals surface area contributed by atoms with E-state index < -0.39 is 23.0 Å². The number of benzene rings is 1. The summed E-state index contributed by atoms with van der Waals surface area (Å²) in [7, 11) is 2.51. The first-order chi connectivity index (χ1) is 20.8. The number of carbonyl (C=O) groups excluding carboxylic acids is 3. The number of carbonyl (C=O) groups is 3. The first kappa shape index (κ1) is 30.8. The maximum atomic E-state index is 15.1. The van der Waals surface area contributed by atoms with E-state index >= 15 is 4.39 Å². The van der Waals surface area contributed by atoms with Crippen LogP contribution in [0.2, 0.25) is 0 Å². The number of aliphatic hydroxyl groups is 1. The first-order valence-electron chi connectivity index (χ1n) is 14.7. The largest absolute Gasteiger partial charge is 0.458 e. The second-order valence-electron chi connectivity index (χ2n) is 12.7. The fourth-order valence-electron chi connectivity index (χ4n) is 6.32. The summed E-state index contributed by atoms with van der Waals surface area (Å²) in [5.41, 5.74) is 1.87. The third-order valence-corrected chi connectivity index (χ3v) is 11.4. The Bertz CT molecular complexity index is 1830. The highest BCUT2D eigenvalue weighted by Gasteiger charge is 2.46. The summed E-state index contributed by atoms with van der Waals surface area (Å²) in [5.74, 6) is -0.889. The van der Waals surface area contributed by atoms with E-state index in [2.05, 4.69) is 5.32 Å². The van der Waals surface area contributed by atoms with Gasteiger partial charge in [-0.25, -0.2) is 14.2 Å². The molecule has 0 radical (unpaired) electrons. The quantitative estimate of drug-likeness (QED) is 0.171. The van der Waals surface area contributed by atoms with Crippen LogP contribution in [-0.4, -0.2) is 37.4 Å². The summed E-state index contributed by atoms with van der Waals surface area (Å²) in [5, 5.41) is 15.2. The number of hydrogen-bond donors (Lipinski definition) is 2. The molecule has 6 rings (SSSR count). The van der Waals surface area contributed by atoms with Gasteiger partial charge in [0.25, 0.3) is 5.56 Å². The highest BCUT2D eigenvalue weighted by molar-refractivity contribution is 8.82. The van der Waals surface area contributed by atoms with Gasteiger partial charge in [-0.2, -0.15) is 0 Å². The highest BCUT2D eigenvalue weighted by atomic mass is 33.1. The molecule has 0 saturated heterocycles. The molecule has 1 amide bonds. The van der Waals surface area contributed by atoms with Crippen molar-refractivity contribution in [3.8, 4) is 11.4 Å². The van der Waals surface area contributed by atoms with E-state index in [1.807, 2.05) is 20.8 Å². The van der Waals surface area contributed by atoms with E-state index in [0.29, 0.717) is 41.1 Å². The molecule has 3 aliphatic rings. The second-order valence-corrected chi connectivity index (χ2v) is 15.1. The number of fused-ring (bicyclic) bond motifs is 5. The number of cyclic esters (lactones) is 1. The molecule has 4 heterocycles. The Kier molecular flexibility index (Phi) is 7.69. The summed E-state index contributed by atoms with van der Waals surface area (Å²) < 4.78 is 21.9. The van der Waals surface area contributed by atoms with Crippen molar-refractivity contribution in [3.63, 3.8) is 0 Å². The summed E-state index contributed by atoms with van der Waals surface area (Å²) in [4.78, 5) is 56.6. The van der Waals surface area contributed by atoms with Crippen LogP contribution in [0.25, 0.3) is 22.3 Å². The number of aromatic nitrogens is 2. The van der Waals surface area contributed by atoms with Gasteiger partial charge in [-0.3, -0.25) is 14.4 Å². The van der Waals surface area contributed by atoms with E-state index in [9.17, 15) is 24.3 Å². The summed E-state index contributed by atoms with van der Waals surface area (Å²) in [6.07, 6.45) is 1.33. The molecule has 2 N–H and O–H groups in total. The number of aryl methyl sites for hydroxylation is 1. The van der Waals surface area contributed by atoms with Crippen molar-refractivity contribution in [3.05, 3.63) is 61.7 Å². The zero-order chi connectivity index (χ0) is 31.7. The molecule has 9 nitrogen and oxygen atoms in total. The number of nitrogens with one attached hydrogen (secondary N) is 1. The maximum Gasteiger partial charge on any atom is 0.343 e. The lowest BCUT2D eigenvalue weighted by molar-refractivity contribution is -0.172. The molecule has 2 aromatic heterocycles. The minimum absolute atomic E-state index is 0.0219. The van der Waals surface area contributed by atoms with Gasteiger partial charge in [-0.05, 0) is 59.7 Å². The average molecular weight is 640 g/mol. The zero-order valence-corrected chi connectivity index (χ0v) is 26.9. The smallest absolute Gasteiger partial charge is 0.343 e. The van der Waals surface area contributed by atoms with E-state index in [1.165, 1.54) is 16.9 Å². The molecule has 2 aliphatic heterocycles. The predicted molar refractivity (Wildman–Crippen MR) is 168 cm³/mol. The Morgan fingerprint density at radius 1 is 1.23 bits per heavy atom. The summed E-state index contributed by atoms with van der Waals surface area (Å²) in [6, 6.07) is 2.62. The number of halogens is 1. The Balaban J connectivity index is 1.40. The molecule has 1 aliphatic carbocycles. The van der Waals surface area contributed by atoms with Gasteiger partial charge < -0.3 is 19.7 Å². The topological polar surface area (TPSA) is 128 Å². The van der Waals surface area contributed by atoms with Crippen molar-refractivity contribution in [2.45, 2.75) is 85.1 Å². The van der Waals surface area contributed by atoms with Gasteiger partial charge in [0.15, 0.2) is 5.60 Å². The molecule has 2 atom stereocenters. The Hall–Kier alpha value is -3.22. The van der Waals surface area contributed by atoms with Gasteiger partial charge in [0.1, 0.15) is 12.4 Å². The molecule has 0 bridgehead atoms. The third-order valence-electron chi connectivity index (χ3n) is 8.87. The SMILES string of the molecule is CC[C@@]1(O)C(=O)OCc2c1cc1n(c2=O)Cc2c-1nc1cc(F)c(C)c3c1c2[C@@H](NC(=O)CCSSC(=O)C(C)(C)C)CC3. The minimum Gasteiger partial charge on any atom is -0.458 e. The lowest BCUT2D eigenvalue weighted by atomic mass is 9.81. The monoisotopic (exact) mass is 639 g/mol. The van der Waals surface area contributed by atoms with Crippen LogP contribution < -0.4 is 10.9 Å². The number of esters is 1. The normalized spacial score (nSPS) is 20.2. The molecule has 44 heavy (non-hydrogen) atoms. The van der Waals surface area contributed by atoms with Gasteiger partial charge >= 0.3 is 5.97 Å². The fourth-order valence-corrected chi connectivity index (χ4v) is 8.60. The van der Waals surface area contributed by atoms with Crippen LogP contribution in [0.3, 0.4) is 0 Å². The Morgan fingerprint density at radius 3 is 2.68 bits per heavy atom. The minimum atomic E-state index is -1.96. The number of amides is 1. The van der Waals surface area contributed by atoms with Gasteiger partial charge in [0.05, 0.1) is 35.1 Å². The second kappa shape index (κ2) is 11.0. The van der Waals surface area contributed by atoms with Crippen LogP contribution in [0.1, 0.15) is 86.4 Å². The standard InChI is InChI=1S/C32H34FN3O6S2/c1-6-32(41)19-11-23-27-17(13-36(23)28(38)18(19)14-42-29(32)39)26-21(34-24(37)9-10-43-44-30(40)31(3,4)5)8-7-16-15(2)20(33)12-22(35-27)25(16)26/h11-12,21,41H,6-10,13-14H2,1-5H3,(H,34,37)/t21-,32-/m0/s1. The Labute approximate surface area is 261 Å². The van der Waals surface area contributed by atoms with Gasteiger partial charge in [-0.15, -0.1) is 0 Å².